The number of nitrogens with zero attached hydrogens (tertiary/aromatic N) is 1. The maximum atomic E-state index is 12.9. The molecule has 2 rings (SSSR count). The summed E-state index contributed by atoms with van der Waals surface area (Å²) in [5.74, 6) is 0.358. The van der Waals surface area contributed by atoms with Crippen LogP contribution in [0.4, 0.5) is 19.0 Å². The summed E-state index contributed by atoms with van der Waals surface area (Å²) in [6.07, 6.45) is -0.543. The number of anilines is 1. The van der Waals surface area contributed by atoms with Gasteiger partial charge >= 0.3 is 6.18 Å². The van der Waals surface area contributed by atoms with Gasteiger partial charge in [0.05, 0.1) is 18.1 Å². The van der Waals surface area contributed by atoms with Crippen LogP contribution >= 0.6 is 34.8 Å². The van der Waals surface area contributed by atoms with Gasteiger partial charge in [0.1, 0.15) is 10.6 Å². The van der Waals surface area contributed by atoms with Crippen LogP contribution in [-0.4, -0.2) is 13.1 Å². The van der Waals surface area contributed by atoms with Gasteiger partial charge in [-0.25, -0.2) is 4.98 Å². The van der Waals surface area contributed by atoms with E-state index in [9.17, 15) is 13.2 Å². The van der Waals surface area contributed by atoms with Gasteiger partial charge in [0, 0.05) is 0 Å². The first-order valence-corrected chi connectivity index (χ1v) is 7.37. The molecule has 20 heavy (non-hydrogen) atoms. The zero-order chi connectivity index (χ0) is 14.9. The topological polar surface area (TPSA) is 17.4 Å². The van der Waals surface area contributed by atoms with E-state index in [2.05, 4.69) is 4.98 Å². The van der Waals surface area contributed by atoms with Gasteiger partial charge in [0.15, 0.2) is 0 Å². The highest BCUT2D eigenvalue weighted by molar-refractivity contribution is 6.44. The molecular formula is C12H13Cl3F3N2+. The average Bonchev–Trinajstić information content (AvgIpc) is 2.60. The second kappa shape index (κ2) is 6.16. The lowest BCUT2D eigenvalue weighted by Gasteiger charge is -2.18. The molecule has 0 aromatic carbocycles. The minimum absolute atomic E-state index is 0.134. The lowest BCUT2D eigenvalue weighted by Crippen LogP contribution is -2.32. The molecule has 0 aliphatic carbocycles. The first kappa shape index (κ1) is 16.0. The second-order valence-electron chi connectivity index (χ2n) is 4.69. The van der Waals surface area contributed by atoms with Crippen molar-refractivity contribution in [1.82, 2.24) is 0 Å². The van der Waals surface area contributed by atoms with Gasteiger partial charge in [-0.1, -0.05) is 23.2 Å². The summed E-state index contributed by atoms with van der Waals surface area (Å²) in [5, 5.41) is -1.22. The number of hydrogen-bond acceptors (Lipinski definition) is 1. The normalized spacial score (nSPS) is 17.2. The Morgan fingerprint density at radius 2 is 1.45 bits per heavy atom. The number of pyridine rings is 1. The number of rotatable bonds is 1. The van der Waals surface area contributed by atoms with Crippen LogP contribution in [0.2, 0.25) is 15.2 Å². The summed E-state index contributed by atoms with van der Waals surface area (Å²) >= 11 is 17.5. The first-order valence-electron chi connectivity index (χ1n) is 6.24. The molecule has 0 saturated carbocycles. The van der Waals surface area contributed by atoms with Crippen molar-refractivity contribution in [3.05, 3.63) is 20.8 Å². The van der Waals surface area contributed by atoms with Gasteiger partial charge in [0.2, 0.25) is 5.15 Å². The van der Waals surface area contributed by atoms with Gasteiger partial charge in [-0.2, -0.15) is 13.2 Å². The molecule has 1 saturated heterocycles. The maximum absolute atomic E-state index is 12.9. The maximum Gasteiger partial charge on any atom is 0.422 e. The molecule has 2 nitrogen and oxygen atoms in total. The van der Waals surface area contributed by atoms with E-state index >= 15 is 0 Å². The molecule has 1 aliphatic rings. The molecule has 1 N–H and O–H groups in total. The molecule has 8 heteroatoms. The Kier molecular flexibility index (Phi) is 4.92. The number of nitrogens with one attached hydrogen (secondary N) is 1. The Morgan fingerprint density at radius 3 is 1.95 bits per heavy atom. The van der Waals surface area contributed by atoms with Crippen LogP contribution in [0.1, 0.15) is 31.2 Å². The molecule has 112 valence electrons. The van der Waals surface area contributed by atoms with Crippen LogP contribution in [0, 0.1) is 0 Å². The minimum atomic E-state index is -4.65. The molecule has 1 fully saturated rings. The minimum Gasteiger partial charge on any atom is -0.260 e. The Labute approximate surface area is 129 Å². The number of aromatic amines is 1. The summed E-state index contributed by atoms with van der Waals surface area (Å²) in [5.41, 5.74) is -1.12. The van der Waals surface area contributed by atoms with Crippen LogP contribution in [0.3, 0.4) is 0 Å². The molecule has 0 atom stereocenters. The Bertz CT molecular complexity index is 498. The smallest absolute Gasteiger partial charge is 0.260 e. The van der Waals surface area contributed by atoms with Crippen molar-refractivity contribution < 1.29 is 18.2 Å². The molecule has 0 bridgehead atoms. The summed E-state index contributed by atoms with van der Waals surface area (Å²) in [6, 6.07) is 0. The Morgan fingerprint density at radius 1 is 0.900 bits per heavy atom. The van der Waals surface area contributed by atoms with Crippen LogP contribution in [0.15, 0.2) is 0 Å². The van der Waals surface area contributed by atoms with Crippen molar-refractivity contribution in [3.63, 3.8) is 0 Å². The fraction of sp³-hybridized carbons (Fsp3) is 0.583. The largest absolute Gasteiger partial charge is 0.422 e. The Balaban J connectivity index is 2.46. The van der Waals surface area contributed by atoms with E-state index in [-0.39, 0.29) is 5.02 Å². The molecule has 2 heterocycles. The van der Waals surface area contributed by atoms with E-state index in [4.69, 9.17) is 34.8 Å². The van der Waals surface area contributed by atoms with E-state index in [1.165, 1.54) is 0 Å². The van der Waals surface area contributed by atoms with Crippen molar-refractivity contribution in [3.8, 4) is 0 Å². The van der Waals surface area contributed by atoms with Crippen molar-refractivity contribution in [2.75, 3.05) is 18.0 Å². The number of alkyl halides is 3. The molecule has 0 amide bonds. The Hall–Kier alpha value is -0.390. The third-order valence-corrected chi connectivity index (χ3v) is 4.40. The monoisotopic (exact) mass is 347 g/mol. The van der Waals surface area contributed by atoms with Crippen LogP contribution in [0.25, 0.3) is 0 Å². The molecule has 1 aliphatic heterocycles. The number of aromatic nitrogens is 1. The number of hydrogen-bond donors (Lipinski definition) is 0. The van der Waals surface area contributed by atoms with Crippen molar-refractivity contribution in [2.45, 2.75) is 31.9 Å². The van der Waals surface area contributed by atoms with Gasteiger partial charge in [0.25, 0.3) is 5.82 Å². The van der Waals surface area contributed by atoms with E-state index in [1.807, 2.05) is 4.90 Å². The van der Waals surface area contributed by atoms with E-state index in [1.54, 1.807) is 0 Å². The SMILES string of the molecule is FC(F)(F)c1c(Cl)[nH+]c(N2CCCCCC2)c(Cl)c1Cl. The fourth-order valence-electron chi connectivity index (χ4n) is 2.29. The second-order valence-corrected chi connectivity index (χ2v) is 5.82. The van der Waals surface area contributed by atoms with Gasteiger partial charge in [-0.15, -0.1) is 0 Å². The summed E-state index contributed by atoms with van der Waals surface area (Å²) in [4.78, 5) is 4.44. The summed E-state index contributed by atoms with van der Waals surface area (Å²) in [7, 11) is 0. The molecule has 1 aromatic heterocycles. The zero-order valence-electron chi connectivity index (χ0n) is 10.5. The molecule has 0 radical (unpaired) electrons. The molecule has 0 unspecified atom stereocenters. The molecular weight excluding hydrogens is 335 g/mol. The van der Waals surface area contributed by atoms with Gasteiger partial charge in [-0.05, 0) is 37.3 Å². The van der Waals surface area contributed by atoms with Crippen molar-refractivity contribution >= 4 is 40.6 Å². The first-order chi connectivity index (χ1) is 9.32. The van der Waals surface area contributed by atoms with E-state index in [0.29, 0.717) is 18.9 Å². The quantitative estimate of drug-likeness (QED) is 0.663. The van der Waals surface area contributed by atoms with Crippen LogP contribution in [-0.2, 0) is 6.18 Å². The number of H-pyrrole nitrogens is 1. The summed E-state index contributed by atoms with van der Waals surface area (Å²) < 4.78 is 38.6. The third-order valence-electron chi connectivity index (χ3n) is 3.27. The van der Waals surface area contributed by atoms with Gasteiger partial charge in [-0.3, -0.25) is 4.90 Å². The lowest BCUT2D eigenvalue weighted by molar-refractivity contribution is -0.364. The zero-order valence-corrected chi connectivity index (χ0v) is 12.7. The predicted molar refractivity (Wildman–Crippen MR) is 73.7 cm³/mol. The summed E-state index contributed by atoms with van der Waals surface area (Å²) in [6.45, 7) is 1.43. The highest BCUT2D eigenvalue weighted by Gasteiger charge is 2.41. The molecule has 0 spiro atoms. The third kappa shape index (κ3) is 3.26. The highest BCUT2D eigenvalue weighted by Crippen LogP contribution is 2.43. The van der Waals surface area contributed by atoms with Crippen LogP contribution < -0.4 is 9.88 Å². The number of halogens is 6. The van der Waals surface area contributed by atoms with E-state index < -0.39 is 21.9 Å². The van der Waals surface area contributed by atoms with Crippen molar-refractivity contribution in [2.24, 2.45) is 0 Å². The predicted octanol–water partition coefficient (Wildman–Crippen LogP) is 4.86. The van der Waals surface area contributed by atoms with Gasteiger partial charge < -0.3 is 0 Å². The highest BCUT2D eigenvalue weighted by atomic mass is 35.5. The van der Waals surface area contributed by atoms with E-state index in [0.717, 1.165) is 25.7 Å². The van der Waals surface area contributed by atoms with Crippen LogP contribution in [0.5, 0.6) is 0 Å². The standard InChI is InChI=1S/C12H12Cl3F3N2/c13-8-7(12(16,17)18)10(15)19-11(9(8)14)20-5-3-1-2-4-6-20/h1-6H2/p+1. The molecule has 1 aromatic rings. The van der Waals surface area contributed by atoms with Crippen molar-refractivity contribution in [1.29, 1.82) is 0 Å². The lowest BCUT2D eigenvalue weighted by atomic mass is 10.2. The fourth-order valence-corrected chi connectivity index (χ4v) is 3.18. The average molecular weight is 349 g/mol.